The summed E-state index contributed by atoms with van der Waals surface area (Å²) in [7, 11) is 0. The van der Waals surface area contributed by atoms with Crippen molar-refractivity contribution in [1.82, 2.24) is 10.2 Å². The molecule has 0 radical (unpaired) electrons. The largest absolute Gasteiger partial charge is 0.379 e. The number of nitrogens with one attached hydrogen (secondary N) is 1. The SMILES string of the molecule is CC[C@@H](Sc1ccc(Cl)cc1)C(=O)NCCN1CCOCC1. The highest BCUT2D eigenvalue weighted by atomic mass is 35.5. The smallest absolute Gasteiger partial charge is 0.233 e. The fourth-order valence-electron chi connectivity index (χ4n) is 2.28. The number of rotatable bonds is 7. The van der Waals surface area contributed by atoms with Crippen LogP contribution >= 0.6 is 23.4 Å². The fourth-order valence-corrected chi connectivity index (χ4v) is 3.38. The molecule has 0 unspecified atom stereocenters. The average molecular weight is 343 g/mol. The third kappa shape index (κ3) is 5.80. The number of hydrogen-bond acceptors (Lipinski definition) is 4. The molecule has 1 aliphatic heterocycles. The molecule has 4 nitrogen and oxygen atoms in total. The molecule has 0 bridgehead atoms. The van der Waals surface area contributed by atoms with E-state index in [4.69, 9.17) is 16.3 Å². The fraction of sp³-hybridized carbons (Fsp3) is 0.562. The van der Waals surface area contributed by atoms with Gasteiger partial charge in [-0.25, -0.2) is 0 Å². The summed E-state index contributed by atoms with van der Waals surface area (Å²) >= 11 is 7.47. The number of nitrogens with zero attached hydrogens (tertiary/aromatic N) is 1. The van der Waals surface area contributed by atoms with Gasteiger partial charge in [0.05, 0.1) is 18.5 Å². The molecule has 2 rings (SSSR count). The lowest BCUT2D eigenvalue weighted by Crippen LogP contribution is -2.42. The second-order valence-electron chi connectivity index (χ2n) is 5.21. The lowest BCUT2D eigenvalue weighted by atomic mass is 10.3. The van der Waals surface area contributed by atoms with Crippen LogP contribution < -0.4 is 5.32 Å². The Morgan fingerprint density at radius 3 is 2.68 bits per heavy atom. The van der Waals surface area contributed by atoms with E-state index in [-0.39, 0.29) is 11.2 Å². The first-order valence-electron chi connectivity index (χ1n) is 7.69. The monoisotopic (exact) mass is 342 g/mol. The summed E-state index contributed by atoms with van der Waals surface area (Å²) in [6, 6.07) is 7.62. The predicted molar refractivity (Wildman–Crippen MR) is 91.7 cm³/mol. The minimum Gasteiger partial charge on any atom is -0.379 e. The molecule has 1 aromatic rings. The summed E-state index contributed by atoms with van der Waals surface area (Å²) in [5.74, 6) is 0.107. The van der Waals surface area contributed by atoms with Gasteiger partial charge < -0.3 is 10.1 Å². The Kier molecular flexibility index (Phi) is 7.52. The standard InChI is InChI=1S/C16H23ClN2O2S/c1-2-15(22-14-5-3-13(17)4-6-14)16(20)18-7-8-19-9-11-21-12-10-19/h3-6,15H,2,7-12H2,1H3,(H,18,20)/t15-/m1/s1. The lowest BCUT2D eigenvalue weighted by molar-refractivity contribution is -0.120. The Hall–Kier alpha value is -0.750. The maximum Gasteiger partial charge on any atom is 0.233 e. The van der Waals surface area contributed by atoms with Crippen LogP contribution in [-0.4, -0.2) is 55.4 Å². The number of carbonyl (C=O) groups excluding carboxylic acids is 1. The van der Waals surface area contributed by atoms with Crippen LogP contribution in [0.3, 0.4) is 0 Å². The normalized spacial score (nSPS) is 17.2. The van der Waals surface area contributed by atoms with Crippen LogP contribution in [0, 0.1) is 0 Å². The van der Waals surface area contributed by atoms with Gasteiger partial charge in [-0.3, -0.25) is 9.69 Å². The molecule has 1 aliphatic rings. The first-order chi connectivity index (χ1) is 10.7. The van der Waals surface area contributed by atoms with E-state index in [2.05, 4.69) is 10.2 Å². The molecule has 1 fully saturated rings. The van der Waals surface area contributed by atoms with E-state index in [0.717, 1.165) is 44.2 Å². The maximum atomic E-state index is 12.3. The number of hydrogen-bond donors (Lipinski definition) is 1. The maximum absolute atomic E-state index is 12.3. The van der Waals surface area contributed by atoms with Crippen LogP contribution in [0.4, 0.5) is 0 Å². The number of morpholine rings is 1. The van der Waals surface area contributed by atoms with Crippen molar-refractivity contribution >= 4 is 29.3 Å². The molecule has 1 heterocycles. The van der Waals surface area contributed by atoms with Crippen molar-refractivity contribution < 1.29 is 9.53 Å². The Bertz CT molecular complexity index is 464. The van der Waals surface area contributed by atoms with Crippen molar-refractivity contribution in [1.29, 1.82) is 0 Å². The van der Waals surface area contributed by atoms with Gasteiger partial charge in [0.25, 0.3) is 0 Å². The molecular formula is C16H23ClN2O2S. The van der Waals surface area contributed by atoms with Crippen LogP contribution in [-0.2, 0) is 9.53 Å². The molecule has 1 amide bonds. The van der Waals surface area contributed by atoms with E-state index in [1.54, 1.807) is 11.8 Å². The predicted octanol–water partition coefficient (Wildman–Crippen LogP) is 2.66. The first kappa shape index (κ1) is 17.6. The molecule has 1 N–H and O–H groups in total. The molecule has 0 saturated carbocycles. The van der Waals surface area contributed by atoms with Gasteiger partial charge in [-0.15, -0.1) is 11.8 Å². The molecule has 0 aliphatic carbocycles. The number of ether oxygens (including phenoxy) is 1. The summed E-state index contributed by atoms with van der Waals surface area (Å²) in [6.45, 7) is 7.10. The minimum absolute atomic E-state index is 0.0640. The van der Waals surface area contributed by atoms with Gasteiger partial charge in [0.2, 0.25) is 5.91 Å². The molecule has 22 heavy (non-hydrogen) atoms. The summed E-state index contributed by atoms with van der Waals surface area (Å²) in [4.78, 5) is 15.7. The van der Waals surface area contributed by atoms with Gasteiger partial charge in [0.1, 0.15) is 0 Å². The highest BCUT2D eigenvalue weighted by Gasteiger charge is 2.18. The van der Waals surface area contributed by atoms with E-state index >= 15 is 0 Å². The Balaban J connectivity index is 1.74. The molecule has 0 aromatic heterocycles. The molecule has 0 spiro atoms. The van der Waals surface area contributed by atoms with E-state index in [1.807, 2.05) is 31.2 Å². The van der Waals surface area contributed by atoms with Gasteiger partial charge in [-0.1, -0.05) is 18.5 Å². The average Bonchev–Trinajstić information content (AvgIpc) is 2.55. The molecular weight excluding hydrogens is 320 g/mol. The van der Waals surface area contributed by atoms with Gasteiger partial charge in [0.15, 0.2) is 0 Å². The molecule has 6 heteroatoms. The topological polar surface area (TPSA) is 41.6 Å². The second kappa shape index (κ2) is 9.40. The van der Waals surface area contributed by atoms with Gasteiger partial charge in [0, 0.05) is 36.1 Å². The van der Waals surface area contributed by atoms with Crippen LogP contribution in [0.25, 0.3) is 0 Å². The Labute approximate surface area is 141 Å². The van der Waals surface area contributed by atoms with E-state index in [9.17, 15) is 4.79 Å². The van der Waals surface area contributed by atoms with Crippen molar-refractivity contribution in [3.63, 3.8) is 0 Å². The van der Waals surface area contributed by atoms with Crippen LogP contribution in [0.5, 0.6) is 0 Å². The van der Waals surface area contributed by atoms with Crippen molar-refractivity contribution in [3.05, 3.63) is 29.3 Å². The van der Waals surface area contributed by atoms with Gasteiger partial charge in [-0.2, -0.15) is 0 Å². The van der Waals surface area contributed by atoms with E-state index in [1.165, 1.54) is 0 Å². The summed E-state index contributed by atoms with van der Waals surface area (Å²) < 4.78 is 5.32. The van der Waals surface area contributed by atoms with Crippen molar-refractivity contribution in [2.45, 2.75) is 23.5 Å². The molecule has 1 atom stereocenters. The first-order valence-corrected chi connectivity index (χ1v) is 8.95. The highest BCUT2D eigenvalue weighted by Crippen LogP contribution is 2.26. The van der Waals surface area contributed by atoms with E-state index < -0.39 is 0 Å². The zero-order valence-electron chi connectivity index (χ0n) is 12.9. The zero-order chi connectivity index (χ0) is 15.8. The quantitative estimate of drug-likeness (QED) is 0.773. The number of amides is 1. The van der Waals surface area contributed by atoms with Crippen LogP contribution in [0.1, 0.15) is 13.3 Å². The van der Waals surface area contributed by atoms with Crippen molar-refractivity contribution in [2.75, 3.05) is 39.4 Å². The third-order valence-corrected chi connectivity index (χ3v) is 5.21. The van der Waals surface area contributed by atoms with Crippen LogP contribution in [0.15, 0.2) is 29.2 Å². The minimum atomic E-state index is -0.0640. The zero-order valence-corrected chi connectivity index (χ0v) is 14.5. The highest BCUT2D eigenvalue weighted by molar-refractivity contribution is 8.00. The molecule has 1 saturated heterocycles. The summed E-state index contributed by atoms with van der Waals surface area (Å²) in [5.41, 5.74) is 0. The third-order valence-electron chi connectivity index (χ3n) is 3.59. The summed E-state index contributed by atoms with van der Waals surface area (Å²) in [6.07, 6.45) is 0.802. The van der Waals surface area contributed by atoms with Crippen LogP contribution in [0.2, 0.25) is 5.02 Å². The number of benzene rings is 1. The Morgan fingerprint density at radius 1 is 1.36 bits per heavy atom. The van der Waals surface area contributed by atoms with Crippen molar-refractivity contribution in [3.8, 4) is 0 Å². The lowest BCUT2D eigenvalue weighted by Gasteiger charge is -2.26. The Morgan fingerprint density at radius 2 is 2.05 bits per heavy atom. The van der Waals surface area contributed by atoms with Crippen molar-refractivity contribution in [2.24, 2.45) is 0 Å². The summed E-state index contributed by atoms with van der Waals surface area (Å²) in [5, 5.41) is 3.70. The molecule has 122 valence electrons. The molecule has 1 aromatic carbocycles. The van der Waals surface area contributed by atoms with E-state index in [0.29, 0.717) is 11.6 Å². The number of thioether (sulfide) groups is 1. The number of halogens is 1. The second-order valence-corrected chi connectivity index (χ2v) is 6.93. The van der Waals surface area contributed by atoms with Gasteiger partial charge in [-0.05, 0) is 30.7 Å². The number of carbonyl (C=O) groups is 1. The van der Waals surface area contributed by atoms with Gasteiger partial charge >= 0.3 is 0 Å².